The Morgan fingerprint density at radius 2 is 2.13 bits per heavy atom. The first-order valence-corrected chi connectivity index (χ1v) is 6.15. The molecule has 3 atom stereocenters. The summed E-state index contributed by atoms with van der Waals surface area (Å²) in [6, 6.07) is 0. The Balaban J connectivity index is 1.65. The maximum atomic E-state index is 5.78. The minimum absolute atomic E-state index is 0.251. The van der Waals surface area contributed by atoms with Crippen molar-refractivity contribution in [1.82, 2.24) is 0 Å². The fourth-order valence-corrected chi connectivity index (χ4v) is 2.40. The Bertz CT molecular complexity index is 231. The second-order valence-corrected chi connectivity index (χ2v) is 6.64. The molecule has 0 aromatic rings. The summed E-state index contributed by atoms with van der Waals surface area (Å²) in [4.78, 5) is 0. The first-order valence-electron chi connectivity index (χ1n) is 6.15. The molecule has 0 spiro atoms. The first-order chi connectivity index (χ1) is 6.89. The first kappa shape index (κ1) is 11.4. The monoisotopic (exact) mass is 212 g/mol. The molecule has 2 fully saturated rings. The van der Waals surface area contributed by atoms with E-state index in [2.05, 4.69) is 27.7 Å². The number of rotatable bonds is 3. The quantitative estimate of drug-likeness (QED) is 0.671. The lowest BCUT2D eigenvalue weighted by molar-refractivity contribution is 0.0395. The van der Waals surface area contributed by atoms with Crippen molar-refractivity contribution in [2.24, 2.45) is 11.3 Å². The molecular weight excluding hydrogens is 188 g/mol. The van der Waals surface area contributed by atoms with Crippen LogP contribution in [0.3, 0.4) is 0 Å². The highest BCUT2D eigenvalue weighted by atomic mass is 16.6. The van der Waals surface area contributed by atoms with Crippen LogP contribution in [0.2, 0.25) is 0 Å². The van der Waals surface area contributed by atoms with Gasteiger partial charge in [0.2, 0.25) is 0 Å². The largest absolute Gasteiger partial charge is 0.381 e. The van der Waals surface area contributed by atoms with Crippen LogP contribution in [-0.4, -0.2) is 24.9 Å². The number of hydrogen-bond donors (Lipinski definition) is 0. The van der Waals surface area contributed by atoms with Gasteiger partial charge >= 0.3 is 0 Å². The molecule has 0 amide bonds. The van der Waals surface area contributed by atoms with E-state index in [1.54, 1.807) is 0 Å². The molecule has 1 heterocycles. The molecule has 1 saturated carbocycles. The lowest BCUT2D eigenvalue weighted by Gasteiger charge is -2.24. The van der Waals surface area contributed by atoms with E-state index in [0.717, 1.165) is 19.1 Å². The molecule has 0 aromatic heterocycles. The predicted molar refractivity (Wildman–Crippen MR) is 60.9 cm³/mol. The molecule has 1 aliphatic carbocycles. The minimum atomic E-state index is 0.251. The highest BCUT2D eigenvalue weighted by Crippen LogP contribution is 2.49. The summed E-state index contributed by atoms with van der Waals surface area (Å²) in [6.07, 6.45) is 4.24. The average Bonchev–Trinajstić information content (AvgIpc) is 2.74. The lowest BCUT2D eigenvalue weighted by atomic mass is 9.83. The van der Waals surface area contributed by atoms with Gasteiger partial charge in [0, 0.05) is 6.61 Å². The third-order valence-corrected chi connectivity index (χ3v) is 3.52. The Morgan fingerprint density at radius 1 is 1.40 bits per heavy atom. The van der Waals surface area contributed by atoms with Crippen LogP contribution >= 0.6 is 0 Å². The van der Waals surface area contributed by atoms with Crippen LogP contribution in [0.1, 0.15) is 47.0 Å². The molecule has 88 valence electrons. The van der Waals surface area contributed by atoms with E-state index >= 15 is 0 Å². The van der Waals surface area contributed by atoms with E-state index in [1.807, 2.05) is 0 Å². The summed E-state index contributed by atoms with van der Waals surface area (Å²) in [6.45, 7) is 10.7. The van der Waals surface area contributed by atoms with Gasteiger partial charge in [-0.1, -0.05) is 20.8 Å². The molecular formula is C13H24O2. The van der Waals surface area contributed by atoms with Crippen LogP contribution in [-0.2, 0) is 9.47 Å². The van der Waals surface area contributed by atoms with Gasteiger partial charge in [0.05, 0.1) is 18.3 Å². The summed E-state index contributed by atoms with van der Waals surface area (Å²) in [5, 5.41) is 0. The zero-order valence-electron chi connectivity index (χ0n) is 10.5. The van der Waals surface area contributed by atoms with Crippen molar-refractivity contribution in [1.29, 1.82) is 0 Å². The second-order valence-electron chi connectivity index (χ2n) is 6.64. The number of fused-ring (bicyclic) bond motifs is 1. The van der Waals surface area contributed by atoms with Crippen LogP contribution in [0, 0.1) is 11.3 Å². The van der Waals surface area contributed by atoms with Gasteiger partial charge in [0.25, 0.3) is 0 Å². The van der Waals surface area contributed by atoms with Crippen molar-refractivity contribution in [3.8, 4) is 0 Å². The molecule has 0 N–H and O–H groups in total. The van der Waals surface area contributed by atoms with Gasteiger partial charge < -0.3 is 9.47 Å². The molecule has 15 heavy (non-hydrogen) atoms. The molecule has 2 nitrogen and oxygen atoms in total. The molecule has 0 radical (unpaired) electrons. The van der Waals surface area contributed by atoms with Crippen molar-refractivity contribution >= 4 is 0 Å². The topological polar surface area (TPSA) is 21.8 Å². The van der Waals surface area contributed by atoms with Crippen molar-refractivity contribution in [2.75, 3.05) is 13.2 Å². The van der Waals surface area contributed by atoms with Crippen molar-refractivity contribution in [2.45, 2.75) is 58.7 Å². The Labute approximate surface area is 93.3 Å². The standard InChI is InChI=1S/C13H24O2/c1-12(2,3)9-14-8-10-5-6-13(4)11(7-10)15-13/h10-11H,5-9H2,1-4H3. The van der Waals surface area contributed by atoms with E-state index in [-0.39, 0.29) is 5.60 Å². The smallest absolute Gasteiger partial charge is 0.0920 e. The van der Waals surface area contributed by atoms with Crippen LogP contribution in [0.25, 0.3) is 0 Å². The Hall–Kier alpha value is -0.0800. The van der Waals surface area contributed by atoms with Gasteiger partial charge in [-0.25, -0.2) is 0 Å². The van der Waals surface area contributed by atoms with Gasteiger partial charge in [-0.15, -0.1) is 0 Å². The third-order valence-electron chi connectivity index (χ3n) is 3.52. The highest BCUT2D eigenvalue weighted by Gasteiger charge is 2.55. The predicted octanol–water partition coefficient (Wildman–Crippen LogP) is 3.01. The summed E-state index contributed by atoms with van der Waals surface area (Å²) < 4.78 is 11.5. The zero-order chi connectivity index (χ0) is 11.1. The van der Waals surface area contributed by atoms with E-state index in [4.69, 9.17) is 9.47 Å². The van der Waals surface area contributed by atoms with E-state index in [0.29, 0.717) is 11.5 Å². The molecule has 0 aromatic carbocycles. The molecule has 0 bridgehead atoms. The summed E-state index contributed by atoms with van der Waals surface area (Å²) in [7, 11) is 0. The maximum absolute atomic E-state index is 5.78. The Morgan fingerprint density at radius 3 is 2.73 bits per heavy atom. The highest BCUT2D eigenvalue weighted by molar-refractivity contribution is 5.03. The number of ether oxygens (including phenoxy) is 2. The van der Waals surface area contributed by atoms with Crippen LogP contribution in [0.4, 0.5) is 0 Å². The Kier molecular flexibility index (Phi) is 2.85. The van der Waals surface area contributed by atoms with Gasteiger partial charge in [-0.2, -0.15) is 0 Å². The van der Waals surface area contributed by atoms with Crippen molar-refractivity contribution < 1.29 is 9.47 Å². The fraction of sp³-hybridized carbons (Fsp3) is 1.00. The fourth-order valence-electron chi connectivity index (χ4n) is 2.40. The normalized spacial score (nSPS) is 40.0. The second kappa shape index (κ2) is 3.74. The lowest BCUT2D eigenvalue weighted by Crippen LogP contribution is -2.25. The van der Waals surface area contributed by atoms with Gasteiger partial charge in [-0.05, 0) is 37.5 Å². The molecule has 2 aliphatic rings. The van der Waals surface area contributed by atoms with Crippen LogP contribution in [0.15, 0.2) is 0 Å². The molecule has 2 rings (SSSR count). The third kappa shape index (κ3) is 2.94. The summed E-state index contributed by atoms with van der Waals surface area (Å²) >= 11 is 0. The van der Waals surface area contributed by atoms with Crippen LogP contribution < -0.4 is 0 Å². The summed E-state index contributed by atoms with van der Waals surface area (Å²) in [5.74, 6) is 0.730. The maximum Gasteiger partial charge on any atom is 0.0920 e. The molecule has 3 unspecified atom stereocenters. The van der Waals surface area contributed by atoms with E-state index in [1.165, 1.54) is 19.3 Å². The van der Waals surface area contributed by atoms with E-state index < -0.39 is 0 Å². The SMILES string of the molecule is CC(C)(C)COCC1CCC2(C)OC2C1. The number of epoxide rings is 1. The number of hydrogen-bond acceptors (Lipinski definition) is 2. The van der Waals surface area contributed by atoms with Gasteiger partial charge in [0.15, 0.2) is 0 Å². The van der Waals surface area contributed by atoms with Crippen molar-refractivity contribution in [3.63, 3.8) is 0 Å². The average molecular weight is 212 g/mol. The summed E-state index contributed by atoms with van der Waals surface area (Å²) in [5.41, 5.74) is 0.541. The van der Waals surface area contributed by atoms with E-state index in [9.17, 15) is 0 Å². The molecule has 1 saturated heterocycles. The van der Waals surface area contributed by atoms with Gasteiger partial charge in [-0.3, -0.25) is 0 Å². The molecule has 1 aliphatic heterocycles. The molecule has 2 heteroatoms. The minimum Gasteiger partial charge on any atom is -0.381 e. The zero-order valence-corrected chi connectivity index (χ0v) is 10.5. The van der Waals surface area contributed by atoms with Crippen LogP contribution in [0.5, 0.6) is 0 Å². The van der Waals surface area contributed by atoms with Gasteiger partial charge in [0.1, 0.15) is 0 Å². The van der Waals surface area contributed by atoms with Crippen molar-refractivity contribution in [3.05, 3.63) is 0 Å².